The third-order valence-electron chi connectivity index (χ3n) is 7.10. The molecule has 1 fully saturated rings. The van der Waals surface area contributed by atoms with Crippen LogP contribution in [0.5, 0.6) is 5.75 Å². The number of halogens is 5. The highest BCUT2D eigenvalue weighted by Crippen LogP contribution is 2.33. The Balaban J connectivity index is 1.19. The number of nitrogens with one attached hydrogen (secondary N) is 1. The van der Waals surface area contributed by atoms with Crippen molar-refractivity contribution in [3.8, 4) is 5.75 Å². The number of amides is 1. The summed E-state index contributed by atoms with van der Waals surface area (Å²) in [5.74, 6) is -1.34. The van der Waals surface area contributed by atoms with Gasteiger partial charge in [0.2, 0.25) is 0 Å². The quantitative estimate of drug-likeness (QED) is 0.267. The van der Waals surface area contributed by atoms with E-state index in [1.807, 2.05) is 11.8 Å². The molecule has 0 saturated carbocycles. The topological polar surface area (TPSA) is 58.9 Å². The zero-order valence-corrected chi connectivity index (χ0v) is 21.6. The molecule has 0 unspecified atom stereocenters. The molecule has 0 atom stereocenters. The number of alkyl halides is 3. The van der Waals surface area contributed by atoms with Crippen molar-refractivity contribution in [2.24, 2.45) is 0 Å². The highest BCUT2D eigenvalue weighted by Gasteiger charge is 2.31. The average Bonchev–Trinajstić information content (AvgIpc) is 3.29. The zero-order valence-electron chi connectivity index (χ0n) is 21.6. The van der Waals surface area contributed by atoms with E-state index < -0.39 is 18.0 Å². The van der Waals surface area contributed by atoms with E-state index >= 15 is 4.39 Å². The van der Waals surface area contributed by atoms with Crippen LogP contribution >= 0.6 is 0 Å². The molecule has 0 aliphatic carbocycles. The number of hydrogen-bond acceptors (Lipinski definition) is 4. The molecule has 40 heavy (non-hydrogen) atoms. The lowest BCUT2D eigenvalue weighted by Crippen LogP contribution is -2.33. The van der Waals surface area contributed by atoms with Crippen LogP contribution in [0, 0.1) is 11.6 Å². The van der Waals surface area contributed by atoms with Crippen LogP contribution in [-0.4, -0.2) is 34.7 Å². The molecule has 0 radical (unpaired) electrons. The summed E-state index contributed by atoms with van der Waals surface area (Å²) in [7, 11) is 0. The number of hydrogen-bond donors (Lipinski definition) is 1. The van der Waals surface area contributed by atoms with Crippen LogP contribution in [0.1, 0.15) is 53.0 Å². The first kappa shape index (κ1) is 27.4. The SMILES string of the molecule is CCc1nc2cc(F)ccn2c1C(=O)NCc1ccc(N2CCC(c3ccc(OC(F)(F)F)cc3)CC2)c(F)c1. The summed E-state index contributed by atoms with van der Waals surface area (Å²) < 4.78 is 71.3. The van der Waals surface area contributed by atoms with Crippen molar-refractivity contribution in [2.75, 3.05) is 18.0 Å². The van der Waals surface area contributed by atoms with E-state index in [9.17, 15) is 22.4 Å². The van der Waals surface area contributed by atoms with Crippen LogP contribution in [-0.2, 0) is 13.0 Å². The number of carbonyl (C=O) groups is 1. The number of imidazole rings is 1. The summed E-state index contributed by atoms with van der Waals surface area (Å²) in [6.45, 7) is 3.14. The van der Waals surface area contributed by atoms with E-state index in [0.29, 0.717) is 47.8 Å². The number of anilines is 1. The Hall–Kier alpha value is -4.15. The third-order valence-corrected chi connectivity index (χ3v) is 7.10. The number of piperidine rings is 1. The van der Waals surface area contributed by atoms with Gasteiger partial charge in [0.1, 0.15) is 28.7 Å². The number of nitrogens with zero attached hydrogens (tertiary/aromatic N) is 3. The summed E-state index contributed by atoms with van der Waals surface area (Å²) >= 11 is 0. The smallest absolute Gasteiger partial charge is 0.406 e. The van der Waals surface area contributed by atoms with Crippen molar-refractivity contribution in [3.63, 3.8) is 0 Å². The van der Waals surface area contributed by atoms with E-state index in [2.05, 4.69) is 15.0 Å². The van der Waals surface area contributed by atoms with Gasteiger partial charge < -0.3 is 15.0 Å². The van der Waals surface area contributed by atoms with Gasteiger partial charge in [-0.2, -0.15) is 0 Å². The predicted octanol–water partition coefficient (Wildman–Crippen LogP) is 6.39. The molecule has 4 aromatic rings. The number of benzene rings is 2. The minimum Gasteiger partial charge on any atom is -0.406 e. The summed E-state index contributed by atoms with van der Waals surface area (Å²) in [5, 5.41) is 2.80. The maximum Gasteiger partial charge on any atom is 0.573 e. The zero-order chi connectivity index (χ0) is 28.4. The molecule has 5 rings (SSSR count). The fraction of sp³-hybridized carbons (Fsp3) is 0.310. The molecule has 1 aliphatic rings. The number of aromatic nitrogens is 2. The molecule has 2 aromatic heterocycles. The number of aryl methyl sites for hydroxylation is 1. The number of carbonyl (C=O) groups excluding carboxylic acids is 1. The van der Waals surface area contributed by atoms with Crippen molar-refractivity contribution in [2.45, 2.75) is 45.0 Å². The highest BCUT2D eigenvalue weighted by atomic mass is 19.4. The standard InChI is InChI=1S/C29H27F5N4O2/c1-2-24-27(38-14-11-21(30)16-26(38)36-24)28(39)35-17-18-3-8-25(23(31)15-18)37-12-9-20(10-13-37)19-4-6-22(7-5-19)40-29(32,33)34/h3-8,11,14-16,20H,2,9-10,12-13,17H2,1H3,(H,35,39). The van der Waals surface area contributed by atoms with Gasteiger partial charge in [0.15, 0.2) is 0 Å². The number of fused-ring (bicyclic) bond motifs is 1. The van der Waals surface area contributed by atoms with Gasteiger partial charge in [-0.3, -0.25) is 9.20 Å². The Morgan fingerprint density at radius 3 is 2.42 bits per heavy atom. The molecule has 3 heterocycles. The first-order valence-electron chi connectivity index (χ1n) is 12.9. The molecule has 0 bridgehead atoms. The van der Waals surface area contributed by atoms with E-state index in [0.717, 1.165) is 18.4 Å². The molecular formula is C29H27F5N4O2. The average molecular weight is 559 g/mol. The second-order valence-corrected chi connectivity index (χ2v) is 9.68. The number of pyridine rings is 1. The van der Waals surface area contributed by atoms with E-state index in [1.54, 1.807) is 24.3 Å². The summed E-state index contributed by atoms with van der Waals surface area (Å²) in [6.07, 6.45) is -1.34. The minimum atomic E-state index is -4.73. The van der Waals surface area contributed by atoms with Crippen LogP contribution in [0.25, 0.3) is 5.65 Å². The van der Waals surface area contributed by atoms with Gasteiger partial charge in [-0.15, -0.1) is 13.2 Å². The van der Waals surface area contributed by atoms with Gasteiger partial charge in [-0.1, -0.05) is 25.1 Å². The Bertz CT molecular complexity index is 1510. The molecule has 210 valence electrons. The first-order chi connectivity index (χ1) is 19.1. The number of ether oxygens (including phenoxy) is 1. The maximum absolute atomic E-state index is 15.1. The lowest BCUT2D eigenvalue weighted by atomic mass is 9.89. The Kier molecular flexibility index (Phi) is 7.64. The number of rotatable bonds is 7. The van der Waals surface area contributed by atoms with Crippen molar-refractivity contribution >= 4 is 17.2 Å². The fourth-order valence-electron chi connectivity index (χ4n) is 5.13. The Morgan fingerprint density at radius 1 is 1.05 bits per heavy atom. The van der Waals surface area contributed by atoms with Gasteiger partial charge in [0.05, 0.1) is 11.4 Å². The largest absolute Gasteiger partial charge is 0.573 e. The summed E-state index contributed by atoms with van der Waals surface area (Å²) in [4.78, 5) is 19.2. The molecule has 1 amide bonds. The second-order valence-electron chi connectivity index (χ2n) is 9.68. The Labute approximate surface area is 227 Å². The predicted molar refractivity (Wildman–Crippen MR) is 139 cm³/mol. The second kappa shape index (κ2) is 11.1. The van der Waals surface area contributed by atoms with Crippen LogP contribution in [0.4, 0.5) is 27.6 Å². The van der Waals surface area contributed by atoms with Crippen LogP contribution < -0.4 is 15.0 Å². The van der Waals surface area contributed by atoms with Crippen LogP contribution in [0.2, 0.25) is 0 Å². The highest BCUT2D eigenvalue weighted by molar-refractivity contribution is 5.94. The molecule has 1 N–H and O–H groups in total. The third kappa shape index (κ3) is 6.03. The van der Waals surface area contributed by atoms with E-state index in [1.165, 1.54) is 40.9 Å². The molecular weight excluding hydrogens is 531 g/mol. The minimum absolute atomic E-state index is 0.101. The van der Waals surface area contributed by atoms with Gasteiger partial charge in [-0.25, -0.2) is 13.8 Å². The van der Waals surface area contributed by atoms with Crippen LogP contribution in [0.3, 0.4) is 0 Å². The van der Waals surface area contributed by atoms with Crippen molar-refractivity contribution < 1.29 is 31.5 Å². The van der Waals surface area contributed by atoms with Gasteiger partial charge in [0.25, 0.3) is 5.91 Å². The monoisotopic (exact) mass is 558 g/mol. The van der Waals surface area contributed by atoms with Crippen molar-refractivity contribution in [1.82, 2.24) is 14.7 Å². The van der Waals surface area contributed by atoms with Crippen molar-refractivity contribution in [1.29, 1.82) is 0 Å². The molecule has 1 aliphatic heterocycles. The molecule has 0 spiro atoms. The Morgan fingerprint density at radius 2 is 1.77 bits per heavy atom. The van der Waals surface area contributed by atoms with Gasteiger partial charge in [-0.05, 0) is 66.6 Å². The van der Waals surface area contributed by atoms with E-state index in [-0.39, 0.29) is 24.1 Å². The lowest BCUT2D eigenvalue weighted by molar-refractivity contribution is -0.274. The van der Waals surface area contributed by atoms with Gasteiger partial charge in [0, 0.05) is 31.9 Å². The molecule has 1 saturated heterocycles. The van der Waals surface area contributed by atoms with Crippen molar-refractivity contribution in [3.05, 3.63) is 94.9 Å². The summed E-state index contributed by atoms with van der Waals surface area (Å²) in [6, 6.07) is 13.3. The molecule has 6 nitrogen and oxygen atoms in total. The van der Waals surface area contributed by atoms with Gasteiger partial charge >= 0.3 is 6.36 Å². The fourth-order valence-corrected chi connectivity index (χ4v) is 5.13. The molecule has 11 heteroatoms. The molecule has 2 aromatic carbocycles. The first-order valence-corrected chi connectivity index (χ1v) is 12.9. The lowest BCUT2D eigenvalue weighted by Gasteiger charge is -2.34. The maximum atomic E-state index is 15.1. The summed E-state index contributed by atoms with van der Waals surface area (Å²) in [5.41, 5.74) is 3.17. The van der Waals surface area contributed by atoms with Crippen LogP contribution in [0.15, 0.2) is 60.8 Å². The van der Waals surface area contributed by atoms with E-state index in [4.69, 9.17) is 0 Å². The normalized spacial score (nSPS) is 14.5.